The lowest BCUT2D eigenvalue weighted by Crippen LogP contribution is -2.37. The molecular weight excluding hydrogens is 368 g/mol. The summed E-state index contributed by atoms with van der Waals surface area (Å²) in [7, 11) is 0. The summed E-state index contributed by atoms with van der Waals surface area (Å²) in [5.41, 5.74) is 1.43. The van der Waals surface area contributed by atoms with Gasteiger partial charge in [-0.15, -0.1) is 0 Å². The molecule has 3 aromatic rings. The van der Waals surface area contributed by atoms with Crippen LogP contribution in [0.15, 0.2) is 91.0 Å². The molecule has 6 nitrogen and oxygen atoms in total. The highest BCUT2D eigenvalue weighted by molar-refractivity contribution is 6.14. The number of anilines is 1. The molecule has 1 amide bonds. The molecule has 0 saturated heterocycles. The molecule has 0 unspecified atom stereocenters. The van der Waals surface area contributed by atoms with E-state index < -0.39 is 35.0 Å². The van der Waals surface area contributed by atoms with Gasteiger partial charge in [-0.05, 0) is 17.7 Å². The van der Waals surface area contributed by atoms with Crippen molar-refractivity contribution in [1.82, 2.24) is 0 Å². The fourth-order valence-corrected chi connectivity index (χ4v) is 3.27. The number of nitrogens with one attached hydrogen (secondary N) is 1. The molecule has 0 bridgehead atoms. The van der Waals surface area contributed by atoms with Gasteiger partial charge in [-0.2, -0.15) is 0 Å². The molecule has 0 saturated carbocycles. The predicted octanol–water partition coefficient (Wildman–Crippen LogP) is 4.18. The molecule has 0 fully saturated rings. The third kappa shape index (κ3) is 5.13. The first-order chi connectivity index (χ1) is 14.1. The van der Waals surface area contributed by atoms with Crippen molar-refractivity contribution in [2.75, 3.05) is 11.9 Å². The number of rotatable bonds is 8. The number of ketones is 1. The minimum absolute atomic E-state index is 0.338. The van der Waals surface area contributed by atoms with Crippen LogP contribution >= 0.6 is 0 Å². The maximum Gasteiger partial charge on any atom is 0.236 e. The third-order valence-electron chi connectivity index (χ3n) is 4.64. The molecule has 0 heterocycles. The molecule has 0 aliphatic carbocycles. The largest absolute Gasteiger partial charge is 0.325 e. The number of nitro groups is 1. The summed E-state index contributed by atoms with van der Waals surface area (Å²) >= 11 is 0. The molecule has 0 aromatic heterocycles. The Hall–Kier alpha value is -3.80. The number of hydrogen-bond donors (Lipinski definition) is 1. The van der Waals surface area contributed by atoms with Crippen molar-refractivity contribution in [3.8, 4) is 0 Å². The lowest BCUT2D eigenvalue weighted by atomic mass is 9.80. The second kappa shape index (κ2) is 9.41. The first kappa shape index (κ1) is 19.9. The van der Waals surface area contributed by atoms with Crippen molar-refractivity contribution in [1.29, 1.82) is 0 Å². The Morgan fingerprint density at radius 3 is 1.90 bits per heavy atom. The van der Waals surface area contributed by atoms with E-state index in [2.05, 4.69) is 5.32 Å². The molecule has 0 spiro atoms. The molecular formula is C23H20N2O4. The van der Waals surface area contributed by atoms with Gasteiger partial charge in [0.15, 0.2) is 5.78 Å². The van der Waals surface area contributed by atoms with Gasteiger partial charge in [-0.1, -0.05) is 78.9 Å². The highest BCUT2D eigenvalue weighted by atomic mass is 16.6. The van der Waals surface area contributed by atoms with Crippen molar-refractivity contribution in [3.05, 3.63) is 112 Å². The van der Waals surface area contributed by atoms with Crippen LogP contribution < -0.4 is 5.32 Å². The maximum atomic E-state index is 13.3. The van der Waals surface area contributed by atoms with E-state index in [0.29, 0.717) is 16.8 Å². The summed E-state index contributed by atoms with van der Waals surface area (Å²) in [5.74, 6) is -3.16. The SMILES string of the molecule is O=C(Nc1ccccc1)[C@H](C(=O)c1ccccc1)[C@@H](C[N+](=O)[O-])c1ccccc1. The number of carbonyl (C=O) groups excluding carboxylic acids is 2. The predicted molar refractivity (Wildman–Crippen MR) is 110 cm³/mol. The van der Waals surface area contributed by atoms with Gasteiger partial charge in [0, 0.05) is 16.2 Å². The average molecular weight is 388 g/mol. The Kier molecular flexibility index (Phi) is 6.47. The minimum atomic E-state index is -1.24. The van der Waals surface area contributed by atoms with Crippen LogP contribution in [0.25, 0.3) is 0 Å². The van der Waals surface area contributed by atoms with Gasteiger partial charge in [0.1, 0.15) is 5.92 Å². The van der Waals surface area contributed by atoms with Crippen LogP contribution in [0.2, 0.25) is 0 Å². The molecule has 146 valence electrons. The van der Waals surface area contributed by atoms with E-state index >= 15 is 0 Å². The van der Waals surface area contributed by atoms with Crippen molar-refractivity contribution < 1.29 is 14.5 Å². The lowest BCUT2D eigenvalue weighted by Gasteiger charge is -2.23. The Balaban J connectivity index is 2.03. The Bertz CT molecular complexity index is 976. The van der Waals surface area contributed by atoms with E-state index in [-0.39, 0.29) is 0 Å². The molecule has 3 aromatic carbocycles. The molecule has 6 heteroatoms. The third-order valence-corrected chi connectivity index (χ3v) is 4.64. The number of benzene rings is 3. The van der Waals surface area contributed by atoms with E-state index in [9.17, 15) is 19.7 Å². The van der Waals surface area contributed by atoms with E-state index in [1.807, 2.05) is 6.07 Å². The summed E-state index contributed by atoms with van der Waals surface area (Å²) < 4.78 is 0. The summed E-state index contributed by atoms with van der Waals surface area (Å²) in [6.45, 7) is -0.532. The zero-order chi connectivity index (χ0) is 20.6. The number of carbonyl (C=O) groups is 2. The van der Waals surface area contributed by atoms with E-state index in [4.69, 9.17) is 0 Å². The zero-order valence-electron chi connectivity index (χ0n) is 15.6. The van der Waals surface area contributed by atoms with Crippen LogP contribution in [0.1, 0.15) is 21.8 Å². The van der Waals surface area contributed by atoms with E-state index in [0.717, 1.165) is 0 Å². The summed E-state index contributed by atoms with van der Waals surface area (Å²) in [5, 5.41) is 14.1. The van der Waals surface area contributed by atoms with Crippen molar-refractivity contribution >= 4 is 17.4 Å². The van der Waals surface area contributed by atoms with Gasteiger partial charge in [0.25, 0.3) is 0 Å². The minimum Gasteiger partial charge on any atom is -0.325 e. The second-order valence-electron chi connectivity index (χ2n) is 6.60. The van der Waals surface area contributed by atoms with Crippen LogP contribution in [0.4, 0.5) is 5.69 Å². The quantitative estimate of drug-likeness (QED) is 0.271. The molecule has 2 atom stereocenters. The van der Waals surface area contributed by atoms with Gasteiger partial charge in [-0.3, -0.25) is 19.7 Å². The van der Waals surface area contributed by atoms with Gasteiger partial charge in [0.2, 0.25) is 12.5 Å². The second-order valence-corrected chi connectivity index (χ2v) is 6.60. The first-order valence-corrected chi connectivity index (χ1v) is 9.18. The number of amides is 1. The number of para-hydroxylation sites is 1. The van der Waals surface area contributed by atoms with Gasteiger partial charge in [-0.25, -0.2) is 0 Å². The van der Waals surface area contributed by atoms with E-state index in [1.54, 1.807) is 84.9 Å². The Labute approximate surface area is 168 Å². The average Bonchev–Trinajstić information content (AvgIpc) is 2.75. The fraction of sp³-hybridized carbons (Fsp3) is 0.130. The topological polar surface area (TPSA) is 89.3 Å². The summed E-state index contributed by atoms with van der Waals surface area (Å²) in [4.78, 5) is 37.4. The number of Topliss-reactive ketones (excluding diaryl/α,β-unsaturated/α-hetero) is 1. The molecule has 0 aliphatic rings. The molecule has 1 N–H and O–H groups in total. The highest BCUT2D eigenvalue weighted by Crippen LogP contribution is 2.29. The molecule has 29 heavy (non-hydrogen) atoms. The fourth-order valence-electron chi connectivity index (χ4n) is 3.27. The van der Waals surface area contributed by atoms with Crippen LogP contribution in [0.3, 0.4) is 0 Å². The van der Waals surface area contributed by atoms with E-state index in [1.165, 1.54) is 0 Å². The van der Waals surface area contributed by atoms with Crippen LogP contribution in [0.5, 0.6) is 0 Å². The summed E-state index contributed by atoms with van der Waals surface area (Å²) in [6.07, 6.45) is 0. The lowest BCUT2D eigenvalue weighted by molar-refractivity contribution is -0.484. The van der Waals surface area contributed by atoms with Crippen LogP contribution in [-0.2, 0) is 4.79 Å². The Morgan fingerprint density at radius 1 is 0.828 bits per heavy atom. The number of nitrogens with zero attached hydrogens (tertiary/aromatic N) is 1. The maximum absolute atomic E-state index is 13.3. The normalized spacial score (nSPS) is 12.6. The van der Waals surface area contributed by atoms with Crippen LogP contribution in [0, 0.1) is 16.0 Å². The van der Waals surface area contributed by atoms with Crippen molar-refractivity contribution in [3.63, 3.8) is 0 Å². The van der Waals surface area contributed by atoms with Crippen LogP contribution in [-0.4, -0.2) is 23.2 Å². The first-order valence-electron chi connectivity index (χ1n) is 9.18. The smallest absolute Gasteiger partial charge is 0.236 e. The molecule has 0 aliphatic heterocycles. The van der Waals surface area contributed by atoms with Gasteiger partial charge >= 0.3 is 0 Å². The highest BCUT2D eigenvalue weighted by Gasteiger charge is 2.39. The van der Waals surface area contributed by atoms with Gasteiger partial charge < -0.3 is 5.32 Å². The van der Waals surface area contributed by atoms with Crippen molar-refractivity contribution in [2.24, 2.45) is 5.92 Å². The summed E-state index contributed by atoms with van der Waals surface area (Å²) in [6, 6.07) is 25.8. The number of hydrogen-bond acceptors (Lipinski definition) is 4. The standard InChI is InChI=1S/C23H20N2O4/c26-22(18-12-6-2-7-13-18)21(23(27)24-19-14-8-3-9-15-19)20(16-25(28)29)17-10-4-1-5-11-17/h1-15,20-21H,16H2,(H,24,27)/t20-,21-/m0/s1. The van der Waals surface area contributed by atoms with Gasteiger partial charge in [0.05, 0.1) is 5.92 Å². The monoisotopic (exact) mass is 388 g/mol. The molecule has 0 radical (unpaired) electrons. The molecule has 3 rings (SSSR count). The zero-order valence-corrected chi connectivity index (χ0v) is 15.6. The van der Waals surface area contributed by atoms with Crippen molar-refractivity contribution in [2.45, 2.75) is 5.92 Å². The Morgan fingerprint density at radius 2 is 1.34 bits per heavy atom.